The van der Waals surface area contributed by atoms with Crippen LogP contribution in [0.5, 0.6) is 0 Å². The summed E-state index contributed by atoms with van der Waals surface area (Å²) in [5.41, 5.74) is 10.7. The molecular weight excluding hydrogens is 522 g/mol. The highest BCUT2D eigenvalue weighted by Crippen LogP contribution is 2.31. The molecule has 2 amide bonds. The van der Waals surface area contributed by atoms with E-state index in [9.17, 15) is 9.59 Å². The maximum atomic E-state index is 13.9. The summed E-state index contributed by atoms with van der Waals surface area (Å²) in [5.74, 6) is 0.142. The van der Waals surface area contributed by atoms with Crippen LogP contribution in [0.2, 0.25) is 5.02 Å². The Morgan fingerprint density at radius 3 is 2.30 bits per heavy atom. The molecule has 2 aromatic carbocycles. The number of hydrogen-bond acceptors (Lipinski definition) is 5. The second-order valence-electron chi connectivity index (χ2n) is 10.5. The van der Waals surface area contributed by atoms with Crippen LogP contribution < -0.4 is 5.73 Å². The lowest BCUT2D eigenvalue weighted by atomic mass is 9.87. The van der Waals surface area contributed by atoms with Crippen molar-refractivity contribution in [1.82, 2.24) is 14.8 Å². The number of aliphatic imine (C=N–C) groups is 1. The number of rotatable bonds is 6. The van der Waals surface area contributed by atoms with E-state index in [4.69, 9.17) is 22.3 Å². The molecule has 2 N–H and O–H groups in total. The molecule has 0 unspecified atom stereocenters. The Morgan fingerprint density at radius 2 is 1.65 bits per heavy atom. The Morgan fingerprint density at radius 1 is 0.950 bits per heavy atom. The van der Waals surface area contributed by atoms with Crippen molar-refractivity contribution in [2.75, 3.05) is 26.2 Å². The number of pyridine rings is 1. The molecule has 0 saturated carbocycles. The lowest BCUT2D eigenvalue weighted by Gasteiger charge is -2.33. The summed E-state index contributed by atoms with van der Waals surface area (Å²) in [7, 11) is 0. The van der Waals surface area contributed by atoms with E-state index in [2.05, 4.69) is 17.1 Å². The Balaban J connectivity index is 1.35. The molecule has 7 nitrogen and oxygen atoms in total. The number of carbonyl (C=O) groups is 2. The number of halogens is 1. The molecular formula is C32H34ClN5O2. The van der Waals surface area contributed by atoms with Crippen molar-refractivity contribution in [1.29, 1.82) is 0 Å². The first-order valence-electron chi connectivity index (χ1n) is 13.8. The van der Waals surface area contributed by atoms with Gasteiger partial charge in [0.2, 0.25) is 0 Å². The molecule has 1 atom stereocenters. The standard InChI is InChI=1S/C32H34ClN5O2/c1-22-7-8-25(20-35-22)31(39)37-16-13-24(14-17-37)30(36-28-11-9-27(33)10-12-28)29(19-34)32(40)38-18-15-26(21-38)23-5-3-2-4-6-23/h2-12,19-20,24,26H,13-18,21,34H2,1H3/t26-/m0/s1. The highest BCUT2D eigenvalue weighted by Gasteiger charge is 2.34. The second kappa shape index (κ2) is 12.5. The minimum Gasteiger partial charge on any atom is -0.404 e. The van der Waals surface area contributed by atoms with Gasteiger partial charge < -0.3 is 15.5 Å². The summed E-state index contributed by atoms with van der Waals surface area (Å²) in [4.78, 5) is 39.9. The third-order valence-electron chi connectivity index (χ3n) is 7.82. The number of benzene rings is 2. The smallest absolute Gasteiger partial charge is 0.257 e. The van der Waals surface area contributed by atoms with Gasteiger partial charge in [-0.25, -0.2) is 0 Å². The number of piperidine rings is 1. The average Bonchev–Trinajstić information content (AvgIpc) is 3.49. The number of aryl methyl sites for hydroxylation is 1. The van der Waals surface area contributed by atoms with Crippen molar-refractivity contribution in [2.45, 2.75) is 32.1 Å². The fraction of sp³-hybridized carbons (Fsp3) is 0.312. The van der Waals surface area contributed by atoms with Gasteiger partial charge in [0, 0.05) is 61.1 Å². The number of nitrogens with two attached hydrogens (primary N) is 1. The van der Waals surface area contributed by atoms with Gasteiger partial charge in [-0.15, -0.1) is 0 Å². The van der Waals surface area contributed by atoms with Gasteiger partial charge in [-0.1, -0.05) is 41.9 Å². The molecule has 0 bridgehead atoms. The molecule has 0 aliphatic carbocycles. The van der Waals surface area contributed by atoms with Gasteiger partial charge in [0.25, 0.3) is 11.8 Å². The molecule has 5 rings (SSSR count). The zero-order chi connectivity index (χ0) is 28.1. The largest absolute Gasteiger partial charge is 0.404 e. The number of hydrogen-bond donors (Lipinski definition) is 1. The topological polar surface area (TPSA) is 91.9 Å². The predicted molar refractivity (Wildman–Crippen MR) is 159 cm³/mol. The third-order valence-corrected chi connectivity index (χ3v) is 8.07. The summed E-state index contributed by atoms with van der Waals surface area (Å²) in [6.45, 7) is 4.33. The molecule has 0 spiro atoms. The first kappa shape index (κ1) is 27.6. The number of carbonyl (C=O) groups excluding carboxylic acids is 2. The van der Waals surface area contributed by atoms with Gasteiger partial charge in [-0.05, 0) is 68.1 Å². The average molecular weight is 556 g/mol. The molecule has 3 aromatic rings. The van der Waals surface area contributed by atoms with Crippen LogP contribution in [-0.2, 0) is 4.79 Å². The number of nitrogens with zero attached hydrogens (tertiary/aromatic N) is 4. The van der Waals surface area contributed by atoms with Crippen LogP contribution in [-0.4, -0.2) is 58.5 Å². The maximum absolute atomic E-state index is 13.9. The highest BCUT2D eigenvalue weighted by atomic mass is 35.5. The number of amides is 2. The van der Waals surface area contributed by atoms with Crippen LogP contribution in [0.25, 0.3) is 0 Å². The molecule has 1 aromatic heterocycles. The van der Waals surface area contributed by atoms with Crippen LogP contribution in [0.3, 0.4) is 0 Å². The van der Waals surface area contributed by atoms with Gasteiger partial charge >= 0.3 is 0 Å². The van der Waals surface area contributed by atoms with Crippen molar-refractivity contribution in [3.8, 4) is 0 Å². The molecule has 40 heavy (non-hydrogen) atoms. The predicted octanol–water partition coefficient (Wildman–Crippen LogP) is 5.53. The van der Waals surface area contributed by atoms with Crippen LogP contribution in [0, 0.1) is 12.8 Å². The Kier molecular flexibility index (Phi) is 8.60. The normalized spacial score (nSPS) is 18.7. The Labute approximate surface area is 240 Å². The first-order valence-corrected chi connectivity index (χ1v) is 14.1. The minimum atomic E-state index is -0.0992. The summed E-state index contributed by atoms with van der Waals surface area (Å²) in [5, 5.41) is 0.618. The molecule has 3 heterocycles. The van der Waals surface area contributed by atoms with E-state index in [1.807, 2.05) is 59.2 Å². The molecule has 0 radical (unpaired) electrons. The lowest BCUT2D eigenvalue weighted by Crippen LogP contribution is -2.42. The van der Waals surface area contributed by atoms with Crippen molar-refractivity contribution in [3.63, 3.8) is 0 Å². The van der Waals surface area contributed by atoms with Crippen LogP contribution in [0.15, 0.2) is 89.7 Å². The Bertz CT molecular complexity index is 1400. The van der Waals surface area contributed by atoms with E-state index in [0.717, 1.165) is 12.1 Å². The monoisotopic (exact) mass is 555 g/mol. The zero-order valence-corrected chi connectivity index (χ0v) is 23.4. The van der Waals surface area contributed by atoms with Gasteiger partial charge in [0.1, 0.15) is 0 Å². The highest BCUT2D eigenvalue weighted by molar-refractivity contribution is 6.30. The quantitative estimate of drug-likeness (QED) is 0.320. The molecule has 2 fully saturated rings. The van der Waals surface area contributed by atoms with Crippen molar-refractivity contribution >= 4 is 34.8 Å². The van der Waals surface area contributed by atoms with Crippen molar-refractivity contribution < 1.29 is 9.59 Å². The molecule has 2 aliphatic heterocycles. The summed E-state index contributed by atoms with van der Waals surface area (Å²) in [6.07, 6.45) is 5.29. The number of likely N-dealkylation sites (tertiary alicyclic amines) is 2. The van der Waals surface area contributed by atoms with Gasteiger partial charge in [-0.3, -0.25) is 19.6 Å². The van der Waals surface area contributed by atoms with Gasteiger partial charge in [0.05, 0.1) is 22.5 Å². The summed E-state index contributed by atoms with van der Waals surface area (Å²) in [6, 6.07) is 21.2. The van der Waals surface area contributed by atoms with E-state index < -0.39 is 0 Å². The maximum Gasteiger partial charge on any atom is 0.257 e. The summed E-state index contributed by atoms with van der Waals surface area (Å²) >= 11 is 6.11. The first-order chi connectivity index (χ1) is 19.4. The molecule has 2 aliphatic rings. The number of aromatic nitrogens is 1. The van der Waals surface area contributed by atoms with Crippen LogP contribution >= 0.6 is 11.6 Å². The van der Waals surface area contributed by atoms with E-state index >= 15 is 0 Å². The lowest BCUT2D eigenvalue weighted by molar-refractivity contribution is -0.125. The van der Waals surface area contributed by atoms with Gasteiger partial charge in [-0.2, -0.15) is 0 Å². The minimum absolute atomic E-state index is 0.0258. The Hall–Kier alpha value is -3.97. The van der Waals surface area contributed by atoms with E-state index in [1.54, 1.807) is 18.3 Å². The van der Waals surface area contributed by atoms with Gasteiger partial charge in [0.15, 0.2) is 0 Å². The fourth-order valence-corrected chi connectivity index (χ4v) is 5.66. The SMILES string of the molecule is Cc1ccc(C(=O)N2CCC(C(=Nc3ccc(Cl)cc3)C(=CN)C(=O)N3CC[C@H](c4ccccc4)C3)CC2)cn1. The van der Waals surface area contributed by atoms with E-state index in [0.29, 0.717) is 72.5 Å². The van der Waals surface area contributed by atoms with Crippen LogP contribution in [0.1, 0.15) is 46.8 Å². The molecule has 206 valence electrons. The molecule has 8 heteroatoms. The third kappa shape index (κ3) is 6.26. The summed E-state index contributed by atoms with van der Waals surface area (Å²) < 4.78 is 0. The van der Waals surface area contributed by atoms with E-state index in [-0.39, 0.29) is 17.7 Å². The van der Waals surface area contributed by atoms with E-state index in [1.165, 1.54) is 11.8 Å². The molecule has 2 saturated heterocycles. The van der Waals surface area contributed by atoms with Crippen molar-refractivity contribution in [3.05, 3.63) is 107 Å². The second-order valence-corrected chi connectivity index (χ2v) is 10.9. The fourth-order valence-electron chi connectivity index (χ4n) is 5.54. The van der Waals surface area contributed by atoms with Crippen LogP contribution in [0.4, 0.5) is 5.69 Å². The van der Waals surface area contributed by atoms with Crippen molar-refractivity contribution in [2.24, 2.45) is 16.6 Å². The zero-order valence-electron chi connectivity index (χ0n) is 22.7.